The van der Waals surface area contributed by atoms with Gasteiger partial charge in [-0.1, -0.05) is 31.5 Å². The van der Waals surface area contributed by atoms with Crippen LogP contribution >= 0.6 is 0 Å². The quantitative estimate of drug-likeness (QED) is 0.875. The van der Waals surface area contributed by atoms with Crippen LogP contribution in [0.3, 0.4) is 0 Å². The van der Waals surface area contributed by atoms with Crippen LogP contribution in [0.4, 0.5) is 0 Å². The van der Waals surface area contributed by atoms with E-state index in [1.807, 2.05) is 0 Å². The lowest BCUT2D eigenvalue weighted by molar-refractivity contribution is -0.703. The average Bonchev–Trinajstić information content (AvgIpc) is 2.80. The average molecular weight is 315 g/mol. The highest BCUT2D eigenvalue weighted by Gasteiger charge is 2.25. The number of aryl methyl sites for hydroxylation is 1. The number of benzene rings is 1. The SMILES string of the molecule is Cc1c(C)n(CC(O)C[NH2+]C2CCCCC2C)c2ccccc12. The summed E-state index contributed by atoms with van der Waals surface area (Å²) in [5.74, 6) is 0.785. The number of quaternary nitrogens is 1. The summed E-state index contributed by atoms with van der Waals surface area (Å²) < 4.78 is 2.29. The maximum Gasteiger partial charge on any atom is 0.121 e. The highest BCUT2D eigenvalue weighted by Crippen LogP contribution is 2.25. The Hall–Kier alpha value is -1.32. The minimum atomic E-state index is -0.293. The molecule has 3 N–H and O–H groups in total. The Morgan fingerprint density at radius 2 is 1.96 bits per heavy atom. The van der Waals surface area contributed by atoms with Gasteiger partial charge in [0.2, 0.25) is 0 Å². The maximum absolute atomic E-state index is 10.6. The van der Waals surface area contributed by atoms with E-state index in [1.165, 1.54) is 47.8 Å². The number of fused-ring (bicyclic) bond motifs is 1. The van der Waals surface area contributed by atoms with E-state index in [-0.39, 0.29) is 6.10 Å². The van der Waals surface area contributed by atoms with Gasteiger partial charge in [-0.05, 0) is 44.7 Å². The Kier molecular flexibility index (Phi) is 5.08. The first-order chi connectivity index (χ1) is 11.1. The first-order valence-corrected chi connectivity index (χ1v) is 9.13. The van der Waals surface area contributed by atoms with E-state index >= 15 is 0 Å². The molecule has 1 aliphatic rings. The Balaban J connectivity index is 1.66. The molecule has 1 aromatic heterocycles. The lowest BCUT2D eigenvalue weighted by Gasteiger charge is -2.27. The van der Waals surface area contributed by atoms with Gasteiger partial charge in [0.05, 0.1) is 12.6 Å². The van der Waals surface area contributed by atoms with Crippen molar-refractivity contribution < 1.29 is 10.4 Å². The first-order valence-electron chi connectivity index (χ1n) is 9.13. The summed E-state index contributed by atoms with van der Waals surface area (Å²) in [6.45, 7) is 8.20. The van der Waals surface area contributed by atoms with E-state index in [9.17, 15) is 5.11 Å². The molecule has 0 spiro atoms. The number of nitrogens with two attached hydrogens (primary N) is 1. The van der Waals surface area contributed by atoms with Crippen LogP contribution in [0.1, 0.15) is 43.9 Å². The zero-order valence-electron chi connectivity index (χ0n) is 14.8. The van der Waals surface area contributed by atoms with Crippen molar-refractivity contribution in [3.05, 3.63) is 35.5 Å². The predicted molar refractivity (Wildman–Crippen MR) is 95.6 cm³/mol. The van der Waals surface area contributed by atoms with Crippen LogP contribution in [0.5, 0.6) is 0 Å². The van der Waals surface area contributed by atoms with Gasteiger partial charge in [-0.25, -0.2) is 0 Å². The van der Waals surface area contributed by atoms with Crippen molar-refractivity contribution in [2.24, 2.45) is 5.92 Å². The molecule has 126 valence electrons. The molecule has 0 saturated heterocycles. The third kappa shape index (κ3) is 3.46. The monoisotopic (exact) mass is 315 g/mol. The normalized spacial score (nSPS) is 23.3. The molecule has 0 radical (unpaired) electrons. The highest BCUT2D eigenvalue weighted by molar-refractivity contribution is 5.85. The maximum atomic E-state index is 10.6. The van der Waals surface area contributed by atoms with Crippen molar-refractivity contribution in [2.45, 2.75) is 65.1 Å². The summed E-state index contributed by atoms with van der Waals surface area (Å²) in [5, 5.41) is 14.3. The van der Waals surface area contributed by atoms with Crippen LogP contribution in [0.25, 0.3) is 10.9 Å². The van der Waals surface area contributed by atoms with Gasteiger partial charge < -0.3 is 15.0 Å². The second-order valence-electron chi connectivity index (χ2n) is 7.39. The van der Waals surface area contributed by atoms with Crippen LogP contribution in [0.2, 0.25) is 0 Å². The lowest BCUT2D eigenvalue weighted by atomic mass is 9.86. The Labute approximate surface area is 139 Å². The molecule has 0 bridgehead atoms. The fraction of sp³-hybridized carbons (Fsp3) is 0.600. The minimum absolute atomic E-state index is 0.293. The van der Waals surface area contributed by atoms with Crippen molar-refractivity contribution in [3.63, 3.8) is 0 Å². The van der Waals surface area contributed by atoms with Gasteiger partial charge in [-0.15, -0.1) is 0 Å². The molecule has 3 unspecified atom stereocenters. The third-order valence-electron chi connectivity index (χ3n) is 5.83. The number of nitrogens with zero attached hydrogens (tertiary/aromatic N) is 1. The third-order valence-corrected chi connectivity index (χ3v) is 5.83. The molecule has 3 rings (SSSR count). The molecule has 1 aliphatic carbocycles. The van der Waals surface area contributed by atoms with E-state index in [2.05, 4.69) is 54.9 Å². The summed E-state index contributed by atoms with van der Waals surface area (Å²) in [6.07, 6.45) is 5.08. The highest BCUT2D eigenvalue weighted by atomic mass is 16.3. The molecule has 0 aliphatic heterocycles. The molecule has 3 heteroatoms. The minimum Gasteiger partial charge on any atom is -0.385 e. The number of aliphatic hydroxyl groups is 1. The molecule has 1 saturated carbocycles. The number of rotatable bonds is 5. The lowest BCUT2D eigenvalue weighted by Crippen LogP contribution is -2.93. The molecule has 1 heterocycles. The van der Waals surface area contributed by atoms with Crippen molar-refractivity contribution in [3.8, 4) is 0 Å². The van der Waals surface area contributed by atoms with Crippen LogP contribution in [0, 0.1) is 19.8 Å². The smallest absolute Gasteiger partial charge is 0.121 e. The summed E-state index contributed by atoms with van der Waals surface area (Å²) >= 11 is 0. The fourth-order valence-corrected chi connectivity index (χ4v) is 4.15. The Morgan fingerprint density at radius 3 is 2.74 bits per heavy atom. The van der Waals surface area contributed by atoms with Crippen LogP contribution in [-0.2, 0) is 6.54 Å². The number of para-hydroxylation sites is 1. The van der Waals surface area contributed by atoms with Crippen LogP contribution in [-0.4, -0.2) is 28.4 Å². The molecular weight excluding hydrogens is 284 g/mol. The van der Waals surface area contributed by atoms with E-state index in [1.54, 1.807) is 0 Å². The summed E-state index contributed by atoms with van der Waals surface area (Å²) in [5.41, 5.74) is 3.85. The zero-order valence-corrected chi connectivity index (χ0v) is 14.8. The number of aliphatic hydroxyl groups excluding tert-OH is 1. The first kappa shape index (κ1) is 16.5. The molecule has 2 aromatic rings. The molecular formula is C20H31N2O+. The Morgan fingerprint density at radius 1 is 1.22 bits per heavy atom. The molecule has 1 fully saturated rings. The van der Waals surface area contributed by atoms with Crippen LogP contribution < -0.4 is 5.32 Å². The van der Waals surface area contributed by atoms with Crippen molar-refractivity contribution in [1.82, 2.24) is 4.57 Å². The standard InChI is InChI=1S/C20H30N2O/c1-14-8-4-6-10-19(14)21-12-17(23)13-22-16(3)15(2)18-9-5-7-11-20(18)22/h5,7,9,11,14,17,19,21,23H,4,6,8,10,12-13H2,1-3H3/p+1. The predicted octanol–water partition coefficient (Wildman–Crippen LogP) is 2.76. The molecule has 3 atom stereocenters. The van der Waals surface area contributed by atoms with Gasteiger partial charge in [-0.2, -0.15) is 0 Å². The molecule has 1 aromatic carbocycles. The summed E-state index contributed by atoms with van der Waals surface area (Å²) in [7, 11) is 0. The van der Waals surface area contributed by atoms with Gasteiger partial charge in [0.15, 0.2) is 0 Å². The largest absolute Gasteiger partial charge is 0.385 e. The van der Waals surface area contributed by atoms with E-state index in [0.717, 1.165) is 12.5 Å². The van der Waals surface area contributed by atoms with Gasteiger partial charge in [-0.3, -0.25) is 0 Å². The molecule has 3 nitrogen and oxygen atoms in total. The topological polar surface area (TPSA) is 41.8 Å². The summed E-state index contributed by atoms with van der Waals surface area (Å²) in [6, 6.07) is 9.21. The Bertz CT molecular complexity index is 661. The second-order valence-corrected chi connectivity index (χ2v) is 7.39. The van der Waals surface area contributed by atoms with Gasteiger partial charge in [0.25, 0.3) is 0 Å². The van der Waals surface area contributed by atoms with Gasteiger partial charge in [0, 0.05) is 22.5 Å². The summed E-state index contributed by atoms with van der Waals surface area (Å²) in [4.78, 5) is 0. The van der Waals surface area contributed by atoms with E-state index in [4.69, 9.17) is 0 Å². The van der Waals surface area contributed by atoms with Gasteiger partial charge >= 0.3 is 0 Å². The molecule has 23 heavy (non-hydrogen) atoms. The number of aromatic nitrogens is 1. The van der Waals surface area contributed by atoms with E-state index < -0.39 is 0 Å². The molecule has 0 amide bonds. The van der Waals surface area contributed by atoms with Crippen molar-refractivity contribution >= 4 is 10.9 Å². The van der Waals surface area contributed by atoms with Gasteiger partial charge in [0.1, 0.15) is 12.6 Å². The second kappa shape index (κ2) is 7.06. The zero-order chi connectivity index (χ0) is 16.4. The van der Waals surface area contributed by atoms with Crippen molar-refractivity contribution in [2.75, 3.05) is 6.54 Å². The number of hydrogen-bond donors (Lipinski definition) is 2. The van der Waals surface area contributed by atoms with Crippen LogP contribution in [0.15, 0.2) is 24.3 Å². The van der Waals surface area contributed by atoms with Crippen molar-refractivity contribution in [1.29, 1.82) is 0 Å². The number of hydrogen-bond acceptors (Lipinski definition) is 1. The fourth-order valence-electron chi connectivity index (χ4n) is 4.15. The van der Waals surface area contributed by atoms with E-state index in [0.29, 0.717) is 12.6 Å².